The Kier molecular flexibility index (Phi) is 6.31. The SMILES string of the molecule is COCC(C)C(CNC(C)(C)C)c1cccc(Cl)c1. The third-order valence-corrected chi connectivity index (χ3v) is 3.48. The first-order valence-corrected chi connectivity index (χ1v) is 7.20. The van der Waals surface area contributed by atoms with Gasteiger partial charge in [0.15, 0.2) is 0 Å². The van der Waals surface area contributed by atoms with Gasteiger partial charge in [-0.3, -0.25) is 0 Å². The van der Waals surface area contributed by atoms with Gasteiger partial charge in [0.1, 0.15) is 0 Å². The molecule has 0 fully saturated rings. The normalized spacial score (nSPS) is 15.3. The van der Waals surface area contributed by atoms with Crippen LogP contribution in [0.2, 0.25) is 5.02 Å². The van der Waals surface area contributed by atoms with Gasteiger partial charge in [-0.15, -0.1) is 0 Å². The largest absolute Gasteiger partial charge is 0.384 e. The van der Waals surface area contributed by atoms with Crippen LogP contribution in [0, 0.1) is 5.92 Å². The molecule has 2 unspecified atom stereocenters. The van der Waals surface area contributed by atoms with Crippen molar-refractivity contribution in [1.29, 1.82) is 0 Å². The predicted octanol–water partition coefficient (Wildman–Crippen LogP) is 4.09. The van der Waals surface area contributed by atoms with Crippen LogP contribution >= 0.6 is 11.6 Å². The summed E-state index contributed by atoms with van der Waals surface area (Å²) in [5, 5.41) is 4.37. The molecule has 0 bridgehead atoms. The summed E-state index contributed by atoms with van der Waals surface area (Å²) in [6.07, 6.45) is 0. The van der Waals surface area contributed by atoms with E-state index >= 15 is 0 Å². The van der Waals surface area contributed by atoms with Crippen LogP contribution in [0.5, 0.6) is 0 Å². The fourth-order valence-corrected chi connectivity index (χ4v) is 2.38. The Bertz CT molecular complexity index is 387. The molecule has 19 heavy (non-hydrogen) atoms. The molecule has 0 saturated heterocycles. The van der Waals surface area contributed by atoms with Crippen molar-refractivity contribution in [2.45, 2.75) is 39.2 Å². The van der Waals surface area contributed by atoms with E-state index in [9.17, 15) is 0 Å². The zero-order valence-corrected chi connectivity index (χ0v) is 13.4. The van der Waals surface area contributed by atoms with Crippen molar-refractivity contribution in [3.05, 3.63) is 34.9 Å². The number of halogens is 1. The van der Waals surface area contributed by atoms with Gasteiger partial charge in [0.25, 0.3) is 0 Å². The van der Waals surface area contributed by atoms with E-state index in [1.54, 1.807) is 7.11 Å². The lowest BCUT2D eigenvalue weighted by atomic mass is 9.87. The summed E-state index contributed by atoms with van der Waals surface area (Å²) in [7, 11) is 1.75. The number of hydrogen-bond acceptors (Lipinski definition) is 2. The zero-order valence-electron chi connectivity index (χ0n) is 12.7. The number of hydrogen-bond donors (Lipinski definition) is 1. The highest BCUT2D eigenvalue weighted by Crippen LogP contribution is 2.27. The van der Waals surface area contributed by atoms with Gasteiger partial charge in [0.2, 0.25) is 0 Å². The summed E-state index contributed by atoms with van der Waals surface area (Å²) in [5.74, 6) is 0.844. The molecule has 0 aliphatic heterocycles. The van der Waals surface area contributed by atoms with Crippen molar-refractivity contribution in [3.63, 3.8) is 0 Å². The lowest BCUT2D eigenvalue weighted by Gasteiger charge is -2.29. The standard InChI is InChI=1S/C16H26ClNO/c1-12(11-19-5)15(10-18-16(2,3)4)13-7-6-8-14(17)9-13/h6-9,12,15,18H,10-11H2,1-5H3. The Balaban J connectivity index is 2.85. The number of methoxy groups -OCH3 is 1. The van der Waals surface area contributed by atoms with Crippen LogP contribution in [0.4, 0.5) is 0 Å². The first-order chi connectivity index (χ1) is 8.83. The monoisotopic (exact) mass is 283 g/mol. The first kappa shape index (κ1) is 16.5. The molecule has 2 nitrogen and oxygen atoms in total. The summed E-state index contributed by atoms with van der Waals surface area (Å²) in [6, 6.07) is 8.14. The van der Waals surface area contributed by atoms with Crippen molar-refractivity contribution >= 4 is 11.6 Å². The second kappa shape index (κ2) is 7.28. The Morgan fingerprint density at radius 3 is 2.53 bits per heavy atom. The average molecular weight is 284 g/mol. The number of benzene rings is 1. The quantitative estimate of drug-likeness (QED) is 0.849. The summed E-state index contributed by atoms with van der Waals surface area (Å²) in [4.78, 5) is 0. The highest BCUT2D eigenvalue weighted by molar-refractivity contribution is 6.30. The lowest BCUT2D eigenvalue weighted by Crippen LogP contribution is -2.40. The third-order valence-electron chi connectivity index (χ3n) is 3.25. The molecular formula is C16H26ClNO. The Morgan fingerprint density at radius 1 is 1.32 bits per heavy atom. The molecule has 0 aromatic heterocycles. The number of nitrogens with one attached hydrogen (secondary N) is 1. The van der Waals surface area contributed by atoms with Crippen LogP contribution in [-0.4, -0.2) is 25.8 Å². The van der Waals surface area contributed by atoms with E-state index in [0.29, 0.717) is 11.8 Å². The predicted molar refractivity (Wildman–Crippen MR) is 83.0 cm³/mol. The van der Waals surface area contributed by atoms with Crippen LogP contribution in [0.25, 0.3) is 0 Å². The minimum Gasteiger partial charge on any atom is -0.384 e. The molecule has 0 radical (unpaired) electrons. The summed E-state index contributed by atoms with van der Waals surface area (Å²) >= 11 is 6.11. The van der Waals surface area contributed by atoms with Gasteiger partial charge in [0, 0.05) is 36.7 Å². The van der Waals surface area contributed by atoms with Gasteiger partial charge in [-0.05, 0) is 44.4 Å². The third kappa shape index (κ3) is 5.94. The summed E-state index contributed by atoms with van der Waals surface area (Å²) in [6.45, 7) is 10.5. The molecule has 0 spiro atoms. The minimum absolute atomic E-state index is 0.115. The van der Waals surface area contributed by atoms with Crippen LogP contribution < -0.4 is 5.32 Å². The molecule has 1 N–H and O–H groups in total. The van der Waals surface area contributed by atoms with Crippen LogP contribution in [0.15, 0.2) is 24.3 Å². The highest BCUT2D eigenvalue weighted by Gasteiger charge is 2.21. The molecule has 0 saturated carbocycles. The van der Waals surface area contributed by atoms with Gasteiger partial charge in [-0.25, -0.2) is 0 Å². The Labute approximate surface area is 122 Å². The number of ether oxygens (including phenoxy) is 1. The van der Waals surface area contributed by atoms with Gasteiger partial charge in [-0.1, -0.05) is 30.7 Å². The molecule has 2 atom stereocenters. The molecule has 0 amide bonds. The van der Waals surface area contributed by atoms with E-state index in [2.05, 4.69) is 45.1 Å². The van der Waals surface area contributed by atoms with E-state index in [4.69, 9.17) is 16.3 Å². The van der Waals surface area contributed by atoms with E-state index < -0.39 is 0 Å². The van der Waals surface area contributed by atoms with Crippen molar-refractivity contribution < 1.29 is 4.74 Å². The highest BCUT2D eigenvalue weighted by atomic mass is 35.5. The van der Waals surface area contributed by atoms with E-state index in [0.717, 1.165) is 18.2 Å². The second-order valence-electron chi connectivity index (χ2n) is 6.23. The Hall–Kier alpha value is -0.570. The smallest absolute Gasteiger partial charge is 0.0494 e. The maximum absolute atomic E-state index is 6.11. The van der Waals surface area contributed by atoms with E-state index in [1.807, 2.05) is 12.1 Å². The van der Waals surface area contributed by atoms with Gasteiger partial charge in [0.05, 0.1) is 0 Å². The van der Waals surface area contributed by atoms with Crippen LogP contribution in [0.3, 0.4) is 0 Å². The lowest BCUT2D eigenvalue weighted by molar-refractivity contribution is 0.144. The first-order valence-electron chi connectivity index (χ1n) is 6.83. The molecule has 1 aromatic rings. The van der Waals surface area contributed by atoms with Crippen LogP contribution in [0.1, 0.15) is 39.2 Å². The van der Waals surface area contributed by atoms with Crippen molar-refractivity contribution in [2.75, 3.05) is 20.3 Å². The second-order valence-corrected chi connectivity index (χ2v) is 6.66. The van der Waals surface area contributed by atoms with Crippen molar-refractivity contribution in [1.82, 2.24) is 5.32 Å². The molecule has 0 aliphatic rings. The Morgan fingerprint density at radius 2 is 2.00 bits per heavy atom. The zero-order chi connectivity index (χ0) is 14.5. The maximum atomic E-state index is 6.11. The summed E-state index contributed by atoms with van der Waals surface area (Å²) < 4.78 is 5.31. The summed E-state index contributed by atoms with van der Waals surface area (Å²) in [5.41, 5.74) is 1.39. The van der Waals surface area contributed by atoms with Gasteiger partial charge < -0.3 is 10.1 Å². The fraction of sp³-hybridized carbons (Fsp3) is 0.625. The molecule has 108 valence electrons. The molecule has 1 aromatic carbocycles. The van der Waals surface area contributed by atoms with E-state index in [1.165, 1.54) is 5.56 Å². The topological polar surface area (TPSA) is 21.3 Å². The molecule has 0 heterocycles. The van der Waals surface area contributed by atoms with Crippen molar-refractivity contribution in [3.8, 4) is 0 Å². The molecule has 3 heteroatoms. The number of rotatable bonds is 6. The fourth-order valence-electron chi connectivity index (χ4n) is 2.18. The van der Waals surface area contributed by atoms with Crippen molar-refractivity contribution in [2.24, 2.45) is 5.92 Å². The minimum atomic E-state index is 0.115. The van der Waals surface area contributed by atoms with Crippen LogP contribution in [-0.2, 0) is 4.74 Å². The molecular weight excluding hydrogens is 258 g/mol. The van der Waals surface area contributed by atoms with Gasteiger partial charge >= 0.3 is 0 Å². The molecule has 1 rings (SSSR count). The van der Waals surface area contributed by atoms with E-state index in [-0.39, 0.29) is 5.54 Å². The average Bonchev–Trinajstić information content (AvgIpc) is 2.28. The maximum Gasteiger partial charge on any atom is 0.0494 e. The molecule has 0 aliphatic carbocycles. The van der Waals surface area contributed by atoms with Gasteiger partial charge in [-0.2, -0.15) is 0 Å².